The highest BCUT2D eigenvalue weighted by Gasteiger charge is 2.50. The minimum absolute atomic E-state index is 0.00965. The van der Waals surface area contributed by atoms with Gasteiger partial charge in [-0.05, 0) is 6.42 Å². The second kappa shape index (κ2) is 4.67. The number of nitrogens with two attached hydrogens (primary N) is 1. The summed E-state index contributed by atoms with van der Waals surface area (Å²) in [5.41, 5.74) is 5.52. The van der Waals surface area contributed by atoms with Gasteiger partial charge in [-0.25, -0.2) is 18.1 Å². The molecule has 2 unspecified atom stereocenters. The van der Waals surface area contributed by atoms with E-state index in [1.165, 1.54) is 15.7 Å². The Morgan fingerprint density at radius 2 is 2.29 bits per heavy atom. The molecule has 116 valence electrons. The summed E-state index contributed by atoms with van der Waals surface area (Å²) in [4.78, 5) is 4.64. The molecule has 1 aliphatic carbocycles. The number of nitrogen functional groups attached to an aromatic ring is 1. The number of nitrogens with one attached hydrogen (secondary N) is 1. The second-order valence-corrected chi connectivity index (χ2v) is 8.32. The van der Waals surface area contributed by atoms with E-state index in [0.717, 1.165) is 0 Å². The molecule has 2 heterocycles. The smallest absolute Gasteiger partial charge is 0.260 e. The number of methoxy groups -OCH3 is 1. The average molecular weight is 330 g/mol. The van der Waals surface area contributed by atoms with Crippen LogP contribution in [0.3, 0.4) is 0 Å². The molecule has 1 aliphatic rings. The van der Waals surface area contributed by atoms with E-state index in [0.29, 0.717) is 11.4 Å². The van der Waals surface area contributed by atoms with Crippen molar-refractivity contribution in [1.29, 1.82) is 0 Å². The molecule has 21 heavy (non-hydrogen) atoms. The predicted octanol–water partition coefficient (Wildman–Crippen LogP) is 1.07. The number of thiazole rings is 1. The van der Waals surface area contributed by atoms with E-state index in [1.807, 2.05) is 13.8 Å². The van der Waals surface area contributed by atoms with Crippen LogP contribution in [0.15, 0.2) is 16.6 Å². The normalized spacial score (nSPS) is 25.1. The zero-order valence-corrected chi connectivity index (χ0v) is 13.7. The van der Waals surface area contributed by atoms with E-state index in [4.69, 9.17) is 10.5 Å². The second-order valence-electron chi connectivity index (χ2n) is 5.81. The third-order valence-corrected chi connectivity index (χ3v) is 6.52. The average Bonchev–Trinajstić information content (AvgIpc) is 2.93. The third-order valence-electron chi connectivity index (χ3n) is 4.26. The minimum atomic E-state index is -3.73. The van der Waals surface area contributed by atoms with Gasteiger partial charge < -0.3 is 10.5 Å². The van der Waals surface area contributed by atoms with Gasteiger partial charge in [-0.1, -0.05) is 13.8 Å². The quantitative estimate of drug-likeness (QED) is 0.874. The molecule has 0 bridgehead atoms. The Morgan fingerprint density at radius 3 is 2.90 bits per heavy atom. The first-order chi connectivity index (χ1) is 9.77. The van der Waals surface area contributed by atoms with Gasteiger partial charge in [0.2, 0.25) is 0 Å². The number of hydrogen-bond donors (Lipinski definition) is 2. The molecular formula is C12H18N4O3S2. The number of sulfonamides is 1. The topological polar surface area (TPSA) is 98.7 Å². The third kappa shape index (κ3) is 2.15. The molecule has 7 nitrogen and oxygen atoms in total. The zero-order valence-electron chi connectivity index (χ0n) is 12.0. The van der Waals surface area contributed by atoms with Crippen molar-refractivity contribution in [3.63, 3.8) is 0 Å². The largest absolute Gasteiger partial charge is 0.381 e. The molecule has 3 rings (SSSR count). The first-order valence-corrected chi connectivity index (χ1v) is 8.90. The van der Waals surface area contributed by atoms with Gasteiger partial charge in [0.15, 0.2) is 15.8 Å². The van der Waals surface area contributed by atoms with Crippen LogP contribution in [-0.4, -0.2) is 37.1 Å². The summed E-state index contributed by atoms with van der Waals surface area (Å²) < 4.78 is 34.8. The van der Waals surface area contributed by atoms with Crippen LogP contribution in [0.25, 0.3) is 4.96 Å². The van der Waals surface area contributed by atoms with Crippen molar-refractivity contribution < 1.29 is 13.2 Å². The van der Waals surface area contributed by atoms with Crippen molar-refractivity contribution in [3.8, 4) is 0 Å². The molecule has 1 saturated carbocycles. The summed E-state index contributed by atoms with van der Waals surface area (Å²) in [6.45, 7) is 3.97. The summed E-state index contributed by atoms with van der Waals surface area (Å²) in [5.74, 6) is 0.0229. The van der Waals surface area contributed by atoms with Crippen LogP contribution in [-0.2, 0) is 14.8 Å². The monoisotopic (exact) mass is 330 g/mol. The number of rotatable bonds is 4. The summed E-state index contributed by atoms with van der Waals surface area (Å²) in [6.07, 6.45) is 2.35. The molecule has 0 amide bonds. The Hall–Kier alpha value is -1.16. The maximum absolute atomic E-state index is 12.6. The number of fused-ring (bicyclic) bond motifs is 1. The molecule has 0 saturated heterocycles. The molecule has 2 aromatic heterocycles. The van der Waals surface area contributed by atoms with Gasteiger partial charge in [0.1, 0.15) is 0 Å². The lowest BCUT2D eigenvalue weighted by Crippen LogP contribution is -2.61. The van der Waals surface area contributed by atoms with Crippen LogP contribution >= 0.6 is 11.3 Å². The van der Waals surface area contributed by atoms with Gasteiger partial charge >= 0.3 is 0 Å². The van der Waals surface area contributed by atoms with Gasteiger partial charge in [-0.15, -0.1) is 11.3 Å². The molecule has 0 aliphatic heterocycles. The Balaban J connectivity index is 1.92. The van der Waals surface area contributed by atoms with Gasteiger partial charge in [0, 0.05) is 30.1 Å². The molecule has 2 aromatic rings. The van der Waals surface area contributed by atoms with E-state index in [-0.39, 0.29) is 28.4 Å². The maximum atomic E-state index is 12.6. The summed E-state index contributed by atoms with van der Waals surface area (Å²) in [7, 11) is -2.09. The maximum Gasteiger partial charge on any atom is 0.260 e. The van der Waals surface area contributed by atoms with E-state index >= 15 is 0 Å². The van der Waals surface area contributed by atoms with Crippen LogP contribution < -0.4 is 10.5 Å². The summed E-state index contributed by atoms with van der Waals surface area (Å²) in [5, 5.41) is 1.78. The SMILES string of the molecule is COC1CC(NS(=O)(=O)c2c(N)nc3sccn23)C1(C)C. The van der Waals surface area contributed by atoms with Gasteiger partial charge in [-0.3, -0.25) is 4.40 Å². The number of anilines is 1. The molecule has 1 fully saturated rings. The van der Waals surface area contributed by atoms with Gasteiger partial charge in [-0.2, -0.15) is 0 Å². The molecule has 0 spiro atoms. The molecule has 0 radical (unpaired) electrons. The Bertz CT molecular complexity index is 778. The van der Waals surface area contributed by atoms with Crippen LogP contribution in [0.2, 0.25) is 0 Å². The molecule has 2 atom stereocenters. The van der Waals surface area contributed by atoms with Crippen molar-refractivity contribution in [2.75, 3.05) is 12.8 Å². The van der Waals surface area contributed by atoms with Crippen LogP contribution in [0.5, 0.6) is 0 Å². The Kier molecular flexibility index (Phi) is 3.28. The van der Waals surface area contributed by atoms with E-state index < -0.39 is 10.0 Å². The van der Waals surface area contributed by atoms with E-state index in [2.05, 4.69) is 9.71 Å². The summed E-state index contributed by atoms with van der Waals surface area (Å²) >= 11 is 1.34. The fraction of sp³-hybridized carbons (Fsp3) is 0.583. The van der Waals surface area contributed by atoms with Crippen molar-refractivity contribution in [2.45, 2.75) is 37.4 Å². The van der Waals surface area contributed by atoms with Crippen molar-refractivity contribution in [2.24, 2.45) is 5.41 Å². The highest BCUT2D eigenvalue weighted by molar-refractivity contribution is 7.89. The lowest BCUT2D eigenvalue weighted by atomic mass is 9.65. The molecule has 9 heteroatoms. The molecule has 0 aromatic carbocycles. The number of nitrogens with zero attached hydrogens (tertiary/aromatic N) is 2. The predicted molar refractivity (Wildman–Crippen MR) is 80.8 cm³/mol. The van der Waals surface area contributed by atoms with Crippen molar-refractivity contribution in [1.82, 2.24) is 14.1 Å². The molecule has 3 N–H and O–H groups in total. The van der Waals surface area contributed by atoms with Crippen molar-refractivity contribution >= 4 is 32.1 Å². The first kappa shape index (κ1) is 14.8. The highest BCUT2D eigenvalue weighted by Crippen LogP contribution is 2.43. The number of imidazole rings is 1. The fourth-order valence-corrected chi connectivity index (χ4v) is 5.17. The highest BCUT2D eigenvalue weighted by atomic mass is 32.2. The minimum Gasteiger partial charge on any atom is -0.381 e. The number of hydrogen-bond acceptors (Lipinski definition) is 6. The number of ether oxygens (including phenoxy) is 1. The van der Waals surface area contributed by atoms with Crippen LogP contribution in [0.1, 0.15) is 20.3 Å². The fourth-order valence-electron chi connectivity index (χ4n) is 2.78. The van der Waals surface area contributed by atoms with Crippen LogP contribution in [0.4, 0.5) is 5.82 Å². The number of aromatic nitrogens is 2. The Labute approximate surface area is 127 Å². The van der Waals surface area contributed by atoms with Gasteiger partial charge in [0.05, 0.1) is 6.10 Å². The van der Waals surface area contributed by atoms with E-state index in [9.17, 15) is 8.42 Å². The molecular weight excluding hydrogens is 312 g/mol. The standard InChI is InChI=1S/C12H18N4O3S2/c1-12(2)7(6-8(12)19-3)15-21(17,18)10-9(13)14-11-16(10)4-5-20-11/h4-5,7-8,15H,6,13H2,1-3H3. The summed E-state index contributed by atoms with van der Waals surface area (Å²) in [6, 6.07) is -0.184. The lowest BCUT2D eigenvalue weighted by molar-refractivity contribution is -0.0908. The van der Waals surface area contributed by atoms with Crippen LogP contribution in [0, 0.1) is 5.41 Å². The zero-order chi connectivity index (χ0) is 15.4. The van der Waals surface area contributed by atoms with Gasteiger partial charge in [0.25, 0.3) is 10.0 Å². The lowest BCUT2D eigenvalue weighted by Gasteiger charge is -2.50. The van der Waals surface area contributed by atoms with E-state index in [1.54, 1.807) is 18.7 Å². The Morgan fingerprint density at radius 1 is 1.57 bits per heavy atom. The first-order valence-electron chi connectivity index (χ1n) is 6.53. The van der Waals surface area contributed by atoms with Crippen molar-refractivity contribution in [3.05, 3.63) is 11.6 Å².